The Hall–Kier alpha value is -2.55. The molecule has 0 saturated heterocycles. The summed E-state index contributed by atoms with van der Waals surface area (Å²) < 4.78 is 0. The first-order valence-corrected chi connectivity index (χ1v) is 9.90. The lowest BCUT2D eigenvalue weighted by molar-refractivity contribution is -0.132. The van der Waals surface area contributed by atoms with Crippen molar-refractivity contribution in [3.8, 4) is 11.1 Å². The van der Waals surface area contributed by atoms with Crippen LogP contribution in [-0.2, 0) is 4.79 Å². The highest BCUT2D eigenvalue weighted by atomic mass is 16.4. The highest BCUT2D eigenvalue weighted by molar-refractivity contribution is 5.92. The van der Waals surface area contributed by atoms with Gasteiger partial charge in [0.25, 0.3) is 0 Å². The number of carboxylic acids is 1. The van der Waals surface area contributed by atoms with Gasteiger partial charge in [-0.1, -0.05) is 44.0 Å². The summed E-state index contributed by atoms with van der Waals surface area (Å²) in [7, 11) is 0. The van der Waals surface area contributed by atoms with Gasteiger partial charge < -0.3 is 10.4 Å². The maximum absolute atomic E-state index is 11.3. The highest BCUT2D eigenvalue weighted by Gasteiger charge is 2.14. The van der Waals surface area contributed by atoms with Crippen molar-refractivity contribution in [3.05, 3.63) is 58.7 Å². The third-order valence-corrected chi connectivity index (χ3v) is 5.52. The van der Waals surface area contributed by atoms with Crippen molar-refractivity contribution in [2.24, 2.45) is 0 Å². The number of carbonyl (C=O) groups is 1. The second kappa shape index (κ2) is 8.43. The van der Waals surface area contributed by atoms with E-state index < -0.39 is 5.97 Å². The van der Waals surface area contributed by atoms with E-state index >= 15 is 0 Å². The zero-order valence-electron chi connectivity index (χ0n) is 16.5. The van der Waals surface area contributed by atoms with Crippen LogP contribution in [0.2, 0.25) is 0 Å². The van der Waals surface area contributed by atoms with E-state index in [1.165, 1.54) is 42.5 Å². The summed E-state index contributed by atoms with van der Waals surface area (Å²) in [5.74, 6) is -0.844. The zero-order chi connectivity index (χ0) is 19.4. The normalized spacial score (nSPS) is 15.1. The van der Waals surface area contributed by atoms with Gasteiger partial charge in [0.05, 0.1) is 0 Å². The van der Waals surface area contributed by atoms with Gasteiger partial charge in [0, 0.05) is 17.3 Å². The average molecular weight is 364 g/mol. The van der Waals surface area contributed by atoms with E-state index in [-0.39, 0.29) is 0 Å². The minimum Gasteiger partial charge on any atom is -0.478 e. The molecule has 1 fully saturated rings. The maximum Gasteiger partial charge on any atom is 0.331 e. The fraction of sp³-hybridized carbons (Fsp3) is 0.375. The molecule has 2 aromatic carbocycles. The molecule has 0 atom stereocenters. The molecule has 0 spiro atoms. The molecule has 0 radical (unpaired) electrons. The van der Waals surface area contributed by atoms with Crippen LogP contribution >= 0.6 is 0 Å². The molecular weight excluding hydrogens is 334 g/mol. The lowest BCUT2D eigenvalue weighted by Gasteiger charge is -2.15. The molecule has 0 unspecified atom stereocenters. The molecule has 0 heterocycles. The Kier molecular flexibility index (Phi) is 6.00. The van der Waals surface area contributed by atoms with E-state index in [0.717, 1.165) is 16.7 Å². The number of carboxylic acid groups (broad SMARTS) is 1. The van der Waals surface area contributed by atoms with E-state index in [0.29, 0.717) is 18.0 Å². The Morgan fingerprint density at radius 2 is 1.78 bits per heavy atom. The van der Waals surface area contributed by atoms with Crippen LogP contribution in [0, 0.1) is 13.8 Å². The summed E-state index contributed by atoms with van der Waals surface area (Å²) in [6, 6.07) is 13.5. The standard InChI is InChI=1S/C24H29NO2/c1-4-18(24(26)27)15-20-13-17(3)23(14-16(20)2)19-9-11-22(12-10-19)25-21-7-5-6-8-21/h9-15,21,25H,4-8H2,1-3H3,(H,26,27). The molecule has 0 amide bonds. The van der Waals surface area contributed by atoms with Gasteiger partial charge in [-0.25, -0.2) is 4.79 Å². The maximum atomic E-state index is 11.3. The van der Waals surface area contributed by atoms with Crippen LogP contribution in [0.5, 0.6) is 0 Å². The van der Waals surface area contributed by atoms with Crippen LogP contribution < -0.4 is 5.32 Å². The van der Waals surface area contributed by atoms with Gasteiger partial charge in [-0.3, -0.25) is 0 Å². The van der Waals surface area contributed by atoms with E-state index in [2.05, 4.69) is 48.6 Å². The molecule has 2 aromatic rings. The van der Waals surface area contributed by atoms with Gasteiger partial charge in [-0.2, -0.15) is 0 Å². The molecular formula is C24H29NO2. The summed E-state index contributed by atoms with van der Waals surface area (Å²) >= 11 is 0. The number of hydrogen-bond donors (Lipinski definition) is 2. The quantitative estimate of drug-likeness (QED) is 0.600. The number of anilines is 1. The minimum absolute atomic E-state index is 0.438. The van der Waals surface area contributed by atoms with Crippen molar-refractivity contribution in [2.75, 3.05) is 5.32 Å². The van der Waals surface area contributed by atoms with E-state index in [4.69, 9.17) is 0 Å². The number of hydrogen-bond acceptors (Lipinski definition) is 2. The van der Waals surface area contributed by atoms with Crippen molar-refractivity contribution in [1.29, 1.82) is 0 Å². The molecule has 1 aliphatic carbocycles. The van der Waals surface area contributed by atoms with E-state index in [9.17, 15) is 9.90 Å². The summed E-state index contributed by atoms with van der Waals surface area (Å²) in [5, 5.41) is 12.9. The van der Waals surface area contributed by atoms with Gasteiger partial charge in [0.15, 0.2) is 0 Å². The summed E-state index contributed by atoms with van der Waals surface area (Å²) in [5.41, 5.74) is 7.25. The average Bonchev–Trinajstić information content (AvgIpc) is 3.15. The topological polar surface area (TPSA) is 49.3 Å². The Labute approximate surface area is 162 Å². The van der Waals surface area contributed by atoms with Crippen LogP contribution in [0.4, 0.5) is 5.69 Å². The minimum atomic E-state index is -0.844. The molecule has 1 saturated carbocycles. The third kappa shape index (κ3) is 4.60. The summed E-state index contributed by atoms with van der Waals surface area (Å²) in [4.78, 5) is 11.3. The Morgan fingerprint density at radius 1 is 1.11 bits per heavy atom. The molecule has 3 nitrogen and oxygen atoms in total. The number of rotatable bonds is 6. The lowest BCUT2D eigenvalue weighted by Crippen LogP contribution is -2.14. The fourth-order valence-corrected chi connectivity index (χ4v) is 3.86. The number of benzene rings is 2. The van der Waals surface area contributed by atoms with Crippen molar-refractivity contribution in [3.63, 3.8) is 0 Å². The molecule has 0 aromatic heterocycles. The molecule has 0 aliphatic heterocycles. The first-order valence-electron chi connectivity index (χ1n) is 9.90. The van der Waals surface area contributed by atoms with E-state index in [1.54, 1.807) is 6.08 Å². The Balaban J connectivity index is 1.84. The van der Waals surface area contributed by atoms with Crippen LogP contribution in [0.25, 0.3) is 17.2 Å². The Morgan fingerprint density at radius 3 is 2.37 bits per heavy atom. The predicted molar refractivity (Wildman–Crippen MR) is 113 cm³/mol. The molecule has 0 bridgehead atoms. The van der Waals surface area contributed by atoms with Gasteiger partial charge in [-0.05, 0) is 79.1 Å². The second-order valence-electron chi connectivity index (χ2n) is 7.56. The van der Waals surface area contributed by atoms with Gasteiger partial charge in [0.2, 0.25) is 0 Å². The van der Waals surface area contributed by atoms with Gasteiger partial charge in [-0.15, -0.1) is 0 Å². The number of nitrogens with one attached hydrogen (secondary N) is 1. The second-order valence-corrected chi connectivity index (χ2v) is 7.56. The van der Waals surface area contributed by atoms with Gasteiger partial charge >= 0.3 is 5.97 Å². The molecule has 3 rings (SSSR count). The zero-order valence-corrected chi connectivity index (χ0v) is 16.5. The third-order valence-electron chi connectivity index (χ3n) is 5.52. The first kappa shape index (κ1) is 19.2. The predicted octanol–water partition coefficient (Wildman–Crippen LogP) is 6.20. The highest BCUT2D eigenvalue weighted by Crippen LogP contribution is 2.30. The van der Waals surface area contributed by atoms with Crippen molar-refractivity contribution in [1.82, 2.24) is 0 Å². The van der Waals surface area contributed by atoms with Crippen molar-refractivity contribution in [2.45, 2.75) is 58.9 Å². The monoisotopic (exact) mass is 363 g/mol. The summed E-state index contributed by atoms with van der Waals surface area (Å²) in [6.07, 6.45) is 7.51. The smallest absolute Gasteiger partial charge is 0.331 e. The SMILES string of the molecule is CCC(=Cc1cc(C)c(-c2ccc(NC3CCCC3)cc2)cc1C)C(=O)O. The van der Waals surface area contributed by atoms with Crippen LogP contribution in [0.15, 0.2) is 42.0 Å². The molecule has 2 N–H and O–H groups in total. The van der Waals surface area contributed by atoms with Gasteiger partial charge in [0.1, 0.15) is 0 Å². The largest absolute Gasteiger partial charge is 0.478 e. The van der Waals surface area contributed by atoms with Crippen LogP contribution in [0.3, 0.4) is 0 Å². The summed E-state index contributed by atoms with van der Waals surface area (Å²) in [6.45, 7) is 6.00. The molecule has 1 aliphatic rings. The Bertz CT molecular complexity index is 843. The lowest BCUT2D eigenvalue weighted by atomic mass is 9.93. The molecule has 142 valence electrons. The fourth-order valence-electron chi connectivity index (χ4n) is 3.86. The number of aliphatic carboxylic acids is 1. The first-order chi connectivity index (χ1) is 13.0. The number of aryl methyl sites for hydroxylation is 2. The van der Waals surface area contributed by atoms with E-state index in [1.807, 2.05) is 13.8 Å². The van der Waals surface area contributed by atoms with Crippen LogP contribution in [-0.4, -0.2) is 17.1 Å². The van der Waals surface area contributed by atoms with Crippen molar-refractivity contribution >= 4 is 17.7 Å². The molecule has 27 heavy (non-hydrogen) atoms. The molecule has 3 heteroatoms. The van der Waals surface area contributed by atoms with Crippen molar-refractivity contribution < 1.29 is 9.90 Å². The van der Waals surface area contributed by atoms with Crippen LogP contribution in [0.1, 0.15) is 55.7 Å².